The van der Waals surface area contributed by atoms with Crippen LogP contribution < -0.4 is 15.0 Å². The molecule has 6 nitrogen and oxygen atoms in total. The van der Waals surface area contributed by atoms with Crippen LogP contribution in [0.4, 0.5) is 10.2 Å². The average molecular weight is 354 g/mol. The first-order valence-electron chi connectivity index (χ1n) is 8.04. The molecule has 0 aliphatic carbocycles. The molecule has 2 aromatic carbocycles. The number of carbonyl (C=O) groups is 1. The second-order valence-electron chi connectivity index (χ2n) is 5.83. The maximum Gasteiger partial charge on any atom is 0.251 e. The lowest BCUT2D eigenvalue weighted by Gasteiger charge is -2.20. The molecule has 1 aromatic heterocycles. The summed E-state index contributed by atoms with van der Waals surface area (Å²) in [5.41, 5.74) is 2.13. The molecule has 0 aliphatic rings. The maximum absolute atomic E-state index is 13.9. The third kappa shape index (κ3) is 3.42. The lowest BCUT2D eigenvalue weighted by molar-refractivity contribution is 0.0963. The topological polar surface area (TPSA) is 67.4 Å². The molecule has 0 aliphatic heterocycles. The van der Waals surface area contributed by atoms with Crippen molar-refractivity contribution in [3.05, 3.63) is 59.7 Å². The van der Waals surface area contributed by atoms with Gasteiger partial charge in [-0.3, -0.25) is 4.79 Å². The van der Waals surface area contributed by atoms with E-state index in [1.54, 1.807) is 25.2 Å². The quantitative estimate of drug-likeness (QED) is 0.763. The second kappa shape index (κ2) is 7.35. The Hall–Kier alpha value is -3.22. The van der Waals surface area contributed by atoms with Crippen LogP contribution >= 0.6 is 0 Å². The molecule has 0 fully saturated rings. The second-order valence-corrected chi connectivity index (χ2v) is 5.83. The SMILES string of the molecule is CNC(=O)c1ccc(CN(C)c2ncnc3cc(F)c(OC)cc23)cc1. The van der Waals surface area contributed by atoms with Crippen molar-refractivity contribution in [3.63, 3.8) is 0 Å². The van der Waals surface area contributed by atoms with Crippen molar-refractivity contribution in [2.45, 2.75) is 6.54 Å². The molecule has 7 heteroatoms. The zero-order valence-electron chi connectivity index (χ0n) is 14.8. The Morgan fingerprint density at radius 2 is 1.96 bits per heavy atom. The molecule has 0 spiro atoms. The van der Waals surface area contributed by atoms with Gasteiger partial charge in [-0.25, -0.2) is 14.4 Å². The molecule has 0 bridgehead atoms. The fourth-order valence-corrected chi connectivity index (χ4v) is 2.76. The van der Waals surface area contributed by atoms with Gasteiger partial charge in [0.15, 0.2) is 11.6 Å². The molecule has 3 aromatic rings. The molecular formula is C19H19FN4O2. The van der Waals surface area contributed by atoms with Gasteiger partial charge in [0.2, 0.25) is 0 Å². The molecule has 1 N–H and O–H groups in total. The molecule has 0 saturated heterocycles. The predicted molar refractivity (Wildman–Crippen MR) is 98.0 cm³/mol. The number of nitrogens with zero attached hydrogens (tertiary/aromatic N) is 3. The first kappa shape index (κ1) is 17.6. The lowest BCUT2D eigenvalue weighted by atomic mass is 10.1. The molecule has 1 heterocycles. The highest BCUT2D eigenvalue weighted by molar-refractivity contribution is 5.94. The smallest absolute Gasteiger partial charge is 0.251 e. The van der Waals surface area contributed by atoms with E-state index < -0.39 is 5.82 Å². The van der Waals surface area contributed by atoms with Crippen LogP contribution in [-0.4, -0.2) is 37.1 Å². The Bertz CT molecular complexity index is 944. The first-order chi connectivity index (χ1) is 12.5. The Morgan fingerprint density at radius 3 is 2.62 bits per heavy atom. The minimum absolute atomic E-state index is 0.124. The third-order valence-electron chi connectivity index (χ3n) is 4.11. The minimum atomic E-state index is -0.461. The summed E-state index contributed by atoms with van der Waals surface area (Å²) >= 11 is 0. The Balaban J connectivity index is 1.90. The molecular weight excluding hydrogens is 335 g/mol. The number of rotatable bonds is 5. The van der Waals surface area contributed by atoms with Crippen LogP contribution in [0.2, 0.25) is 0 Å². The molecule has 0 unspecified atom stereocenters. The largest absolute Gasteiger partial charge is 0.494 e. The van der Waals surface area contributed by atoms with Gasteiger partial charge < -0.3 is 15.0 Å². The minimum Gasteiger partial charge on any atom is -0.494 e. The highest BCUT2D eigenvalue weighted by Crippen LogP contribution is 2.29. The van der Waals surface area contributed by atoms with Crippen molar-refractivity contribution in [2.24, 2.45) is 0 Å². The molecule has 26 heavy (non-hydrogen) atoms. The fourth-order valence-electron chi connectivity index (χ4n) is 2.76. The van der Waals surface area contributed by atoms with E-state index in [0.717, 1.165) is 5.56 Å². The number of ether oxygens (including phenoxy) is 1. The van der Waals surface area contributed by atoms with E-state index in [4.69, 9.17) is 4.74 Å². The summed E-state index contributed by atoms with van der Waals surface area (Å²) in [6.07, 6.45) is 1.41. The number of methoxy groups -OCH3 is 1. The van der Waals surface area contributed by atoms with E-state index in [9.17, 15) is 9.18 Å². The van der Waals surface area contributed by atoms with Crippen LogP contribution in [-0.2, 0) is 6.54 Å². The maximum atomic E-state index is 13.9. The fraction of sp³-hybridized carbons (Fsp3) is 0.211. The number of fused-ring (bicyclic) bond motifs is 1. The standard InChI is InChI=1S/C19H19FN4O2/c1-21-19(25)13-6-4-12(5-7-13)10-24(2)18-14-8-17(26-3)15(20)9-16(14)22-11-23-18/h4-9,11H,10H2,1-3H3,(H,21,25). The van der Waals surface area contributed by atoms with E-state index in [-0.39, 0.29) is 11.7 Å². The average Bonchev–Trinajstić information content (AvgIpc) is 2.66. The van der Waals surface area contributed by atoms with Gasteiger partial charge in [0.05, 0.1) is 12.6 Å². The van der Waals surface area contributed by atoms with E-state index in [1.165, 1.54) is 19.5 Å². The third-order valence-corrected chi connectivity index (χ3v) is 4.11. The Kier molecular flexibility index (Phi) is 4.97. The summed E-state index contributed by atoms with van der Waals surface area (Å²) in [4.78, 5) is 22.0. The van der Waals surface area contributed by atoms with Gasteiger partial charge >= 0.3 is 0 Å². The van der Waals surface area contributed by atoms with E-state index in [1.807, 2.05) is 24.1 Å². The number of aromatic nitrogens is 2. The van der Waals surface area contributed by atoms with Gasteiger partial charge in [-0.05, 0) is 23.8 Å². The van der Waals surface area contributed by atoms with Crippen LogP contribution in [0.5, 0.6) is 5.75 Å². The molecule has 0 atom stereocenters. The number of nitrogens with one attached hydrogen (secondary N) is 1. The van der Waals surface area contributed by atoms with Gasteiger partial charge in [0.1, 0.15) is 12.1 Å². The summed E-state index contributed by atoms with van der Waals surface area (Å²) in [5.74, 6) is 0.235. The van der Waals surface area contributed by atoms with Crippen molar-refractivity contribution in [1.29, 1.82) is 0 Å². The van der Waals surface area contributed by atoms with E-state index >= 15 is 0 Å². The van der Waals surface area contributed by atoms with Crippen molar-refractivity contribution in [3.8, 4) is 5.75 Å². The number of halogens is 1. The van der Waals surface area contributed by atoms with Crippen LogP contribution in [0.15, 0.2) is 42.7 Å². The molecule has 0 radical (unpaired) electrons. The van der Waals surface area contributed by atoms with Gasteiger partial charge in [-0.15, -0.1) is 0 Å². The normalized spacial score (nSPS) is 10.6. The lowest BCUT2D eigenvalue weighted by Crippen LogP contribution is -2.19. The van der Waals surface area contributed by atoms with Crippen LogP contribution in [0.3, 0.4) is 0 Å². The van der Waals surface area contributed by atoms with Gasteiger partial charge in [0.25, 0.3) is 5.91 Å². The van der Waals surface area contributed by atoms with Crippen molar-refractivity contribution in [1.82, 2.24) is 15.3 Å². The van der Waals surface area contributed by atoms with Gasteiger partial charge in [-0.1, -0.05) is 12.1 Å². The monoisotopic (exact) mass is 354 g/mol. The van der Waals surface area contributed by atoms with Crippen LogP contribution in [0, 0.1) is 5.82 Å². The van der Waals surface area contributed by atoms with Crippen LogP contribution in [0.25, 0.3) is 10.9 Å². The van der Waals surface area contributed by atoms with Crippen molar-refractivity contribution >= 4 is 22.6 Å². The number of benzene rings is 2. The molecule has 1 amide bonds. The van der Waals surface area contributed by atoms with Crippen molar-refractivity contribution < 1.29 is 13.9 Å². The summed E-state index contributed by atoms with van der Waals surface area (Å²) in [6, 6.07) is 10.3. The highest BCUT2D eigenvalue weighted by atomic mass is 19.1. The Morgan fingerprint density at radius 1 is 1.23 bits per heavy atom. The molecule has 0 saturated carbocycles. The number of hydrogen-bond acceptors (Lipinski definition) is 5. The summed E-state index contributed by atoms with van der Waals surface area (Å²) in [6.45, 7) is 0.569. The molecule has 134 valence electrons. The van der Waals surface area contributed by atoms with E-state index in [0.29, 0.717) is 28.8 Å². The number of amides is 1. The van der Waals surface area contributed by atoms with Crippen molar-refractivity contribution in [2.75, 3.05) is 26.1 Å². The highest BCUT2D eigenvalue weighted by Gasteiger charge is 2.13. The summed E-state index contributed by atoms with van der Waals surface area (Å²) < 4.78 is 19.0. The zero-order valence-corrected chi connectivity index (χ0v) is 14.8. The number of anilines is 1. The first-order valence-corrected chi connectivity index (χ1v) is 8.04. The predicted octanol–water partition coefficient (Wildman–Crippen LogP) is 2.77. The summed E-state index contributed by atoms with van der Waals surface area (Å²) in [7, 11) is 4.91. The number of hydrogen-bond donors (Lipinski definition) is 1. The Labute approximate surface area is 150 Å². The van der Waals surface area contributed by atoms with E-state index in [2.05, 4.69) is 15.3 Å². The number of carbonyl (C=O) groups excluding carboxylic acids is 1. The van der Waals surface area contributed by atoms with Gasteiger partial charge in [-0.2, -0.15) is 0 Å². The zero-order chi connectivity index (χ0) is 18.7. The molecule has 3 rings (SSSR count). The van der Waals surface area contributed by atoms with Crippen LogP contribution in [0.1, 0.15) is 15.9 Å². The van der Waals surface area contributed by atoms with Gasteiger partial charge in [0, 0.05) is 37.7 Å². The summed E-state index contributed by atoms with van der Waals surface area (Å²) in [5, 5.41) is 3.30.